The highest BCUT2D eigenvalue weighted by atomic mass is 16.3. The van der Waals surface area contributed by atoms with E-state index in [0.29, 0.717) is 17.8 Å². The first-order valence-electron chi connectivity index (χ1n) is 6.80. The van der Waals surface area contributed by atoms with Gasteiger partial charge in [-0.25, -0.2) is 0 Å². The molecule has 0 aliphatic carbocycles. The quantitative estimate of drug-likeness (QED) is 0.670. The van der Waals surface area contributed by atoms with Crippen molar-refractivity contribution in [2.75, 3.05) is 0 Å². The molecule has 0 spiro atoms. The van der Waals surface area contributed by atoms with E-state index in [1.807, 2.05) is 30.3 Å². The third-order valence-corrected chi connectivity index (χ3v) is 3.26. The topological polar surface area (TPSA) is 89.9 Å². The summed E-state index contributed by atoms with van der Waals surface area (Å²) in [5, 5.41) is 35.0. The highest BCUT2D eigenvalue weighted by molar-refractivity contribution is 5.87. The maximum Gasteiger partial charge on any atom is 0.175 e. The zero-order valence-corrected chi connectivity index (χ0v) is 11.7. The van der Waals surface area contributed by atoms with Gasteiger partial charge in [0, 0.05) is 18.1 Å². The van der Waals surface area contributed by atoms with Crippen molar-refractivity contribution < 1.29 is 10.2 Å². The molecule has 0 bridgehead atoms. The van der Waals surface area contributed by atoms with Crippen molar-refractivity contribution in [3.63, 3.8) is 0 Å². The van der Waals surface area contributed by atoms with E-state index in [1.54, 1.807) is 6.07 Å². The van der Waals surface area contributed by atoms with Gasteiger partial charge in [-0.05, 0) is 17.7 Å². The van der Waals surface area contributed by atoms with E-state index in [0.717, 1.165) is 5.56 Å². The molecule has 1 atom stereocenters. The Morgan fingerprint density at radius 2 is 1.91 bits per heavy atom. The Kier molecular flexibility index (Phi) is 3.91. The molecule has 6 nitrogen and oxygen atoms in total. The third-order valence-electron chi connectivity index (χ3n) is 3.26. The summed E-state index contributed by atoms with van der Waals surface area (Å²) in [7, 11) is 0. The Morgan fingerprint density at radius 3 is 2.68 bits per heavy atom. The molecule has 2 aromatic rings. The van der Waals surface area contributed by atoms with Crippen molar-refractivity contribution in [2.24, 2.45) is 20.4 Å². The summed E-state index contributed by atoms with van der Waals surface area (Å²) >= 11 is 0. The molecule has 0 amide bonds. The second kappa shape index (κ2) is 6.17. The van der Waals surface area contributed by atoms with Gasteiger partial charge >= 0.3 is 0 Å². The smallest absolute Gasteiger partial charge is 0.175 e. The lowest BCUT2D eigenvalue weighted by Gasteiger charge is -2.02. The van der Waals surface area contributed by atoms with Crippen LogP contribution in [0.3, 0.4) is 0 Å². The number of phenolic OH excluding ortho intramolecular Hbond substituents is 2. The van der Waals surface area contributed by atoms with Crippen LogP contribution in [-0.4, -0.2) is 22.3 Å². The first-order valence-corrected chi connectivity index (χ1v) is 6.80. The van der Waals surface area contributed by atoms with Crippen LogP contribution in [0, 0.1) is 0 Å². The minimum Gasteiger partial charge on any atom is -0.508 e. The summed E-state index contributed by atoms with van der Waals surface area (Å²) in [4.78, 5) is 0. The number of hydrogen-bond donors (Lipinski definition) is 2. The largest absolute Gasteiger partial charge is 0.508 e. The Bertz CT molecular complexity index is 754. The zero-order chi connectivity index (χ0) is 15.4. The molecule has 0 aromatic heterocycles. The van der Waals surface area contributed by atoms with E-state index < -0.39 is 0 Å². The summed E-state index contributed by atoms with van der Waals surface area (Å²) in [6, 6.07) is 14.1. The van der Waals surface area contributed by atoms with Crippen molar-refractivity contribution in [3.05, 3.63) is 59.7 Å². The van der Waals surface area contributed by atoms with Gasteiger partial charge in [-0.15, -0.1) is 10.2 Å². The Hall–Kier alpha value is -3.02. The normalized spacial score (nSPS) is 19.3. The Labute approximate surface area is 127 Å². The molecule has 6 heteroatoms. The monoisotopic (exact) mass is 294 g/mol. The average molecular weight is 294 g/mol. The van der Waals surface area contributed by atoms with Gasteiger partial charge in [0.25, 0.3) is 0 Å². The maximum atomic E-state index is 9.63. The lowest BCUT2D eigenvalue weighted by Crippen LogP contribution is -1.95. The average Bonchev–Trinajstić information content (AvgIpc) is 2.99. The van der Waals surface area contributed by atoms with Gasteiger partial charge in [0.05, 0.1) is 6.21 Å². The first-order chi connectivity index (χ1) is 10.7. The number of phenols is 2. The molecule has 3 rings (SSSR count). The Morgan fingerprint density at radius 1 is 1.09 bits per heavy atom. The predicted octanol–water partition coefficient (Wildman–Crippen LogP) is 3.43. The summed E-state index contributed by atoms with van der Waals surface area (Å²) in [6.07, 6.45) is 2.01. The van der Waals surface area contributed by atoms with E-state index in [-0.39, 0.29) is 17.5 Å². The molecule has 22 heavy (non-hydrogen) atoms. The molecule has 0 saturated carbocycles. The lowest BCUT2D eigenvalue weighted by atomic mass is 10.1. The highest BCUT2D eigenvalue weighted by Crippen LogP contribution is 2.27. The number of benzene rings is 2. The fourth-order valence-electron chi connectivity index (χ4n) is 2.11. The SMILES string of the molecule is Oc1ccc(/C=N/N=C2/CC(c3ccccc3)N=N2)c(O)c1. The molecule has 0 fully saturated rings. The van der Waals surface area contributed by atoms with Gasteiger partial charge in [-0.1, -0.05) is 30.3 Å². The molecule has 1 aliphatic heterocycles. The van der Waals surface area contributed by atoms with E-state index in [2.05, 4.69) is 20.4 Å². The van der Waals surface area contributed by atoms with E-state index in [4.69, 9.17) is 0 Å². The summed E-state index contributed by atoms with van der Waals surface area (Å²) < 4.78 is 0. The molecule has 1 unspecified atom stereocenters. The lowest BCUT2D eigenvalue weighted by molar-refractivity contribution is 0.450. The van der Waals surface area contributed by atoms with Gasteiger partial charge in [0.1, 0.15) is 17.5 Å². The van der Waals surface area contributed by atoms with Gasteiger partial charge in [0.15, 0.2) is 5.84 Å². The first kappa shape index (κ1) is 13.9. The molecule has 0 radical (unpaired) electrons. The Balaban J connectivity index is 1.67. The fraction of sp³-hybridized carbons (Fsp3) is 0.125. The van der Waals surface area contributed by atoms with Gasteiger partial charge < -0.3 is 10.2 Å². The van der Waals surface area contributed by atoms with Crippen LogP contribution in [0.4, 0.5) is 0 Å². The van der Waals surface area contributed by atoms with Gasteiger partial charge in [-0.2, -0.15) is 10.2 Å². The molecule has 110 valence electrons. The molecular weight excluding hydrogens is 280 g/mol. The summed E-state index contributed by atoms with van der Waals surface area (Å²) in [5.41, 5.74) is 1.56. The van der Waals surface area contributed by atoms with E-state index >= 15 is 0 Å². The van der Waals surface area contributed by atoms with Crippen LogP contribution in [0.2, 0.25) is 0 Å². The number of amidine groups is 1. The van der Waals surface area contributed by atoms with Crippen LogP contribution < -0.4 is 0 Å². The molecule has 1 aliphatic rings. The van der Waals surface area contributed by atoms with Crippen LogP contribution in [0.25, 0.3) is 0 Å². The second-order valence-electron chi connectivity index (χ2n) is 4.85. The standard InChI is InChI=1S/C16H14N4O2/c21-13-7-6-12(15(22)8-13)10-17-19-16-9-14(18-20-16)11-4-2-1-3-5-11/h1-8,10,14,21-22H,9H2/b17-10+,19-16-. The van der Waals surface area contributed by atoms with Crippen LogP contribution in [0.1, 0.15) is 23.6 Å². The van der Waals surface area contributed by atoms with Crippen molar-refractivity contribution in [1.82, 2.24) is 0 Å². The van der Waals surface area contributed by atoms with Crippen molar-refractivity contribution in [3.8, 4) is 11.5 Å². The molecule has 0 saturated heterocycles. The number of rotatable bonds is 3. The van der Waals surface area contributed by atoms with Gasteiger partial charge in [0.2, 0.25) is 0 Å². The van der Waals surface area contributed by atoms with Crippen LogP contribution in [-0.2, 0) is 0 Å². The number of nitrogens with zero attached hydrogens (tertiary/aromatic N) is 4. The minimum absolute atomic E-state index is 0.00346. The molecular formula is C16H14N4O2. The van der Waals surface area contributed by atoms with Crippen LogP contribution in [0.5, 0.6) is 11.5 Å². The highest BCUT2D eigenvalue weighted by Gasteiger charge is 2.19. The minimum atomic E-state index is -0.0563. The number of aromatic hydroxyl groups is 2. The zero-order valence-electron chi connectivity index (χ0n) is 11.7. The predicted molar refractivity (Wildman–Crippen MR) is 83.5 cm³/mol. The van der Waals surface area contributed by atoms with Crippen molar-refractivity contribution in [1.29, 1.82) is 0 Å². The maximum absolute atomic E-state index is 9.63. The van der Waals surface area contributed by atoms with Crippen LogP contribution >= 0.6 is 0 Å². The van der Waals surface area contributed by atoms with Crippen molar-refractivity contribution in [2.45, 2.75) is 12.5 Å². The second-order valence-corrected chi connectivity index (χ2v) is 4.85. The van der Waals surface area contributed by atoms with Crippen LogP contribution in [0.15, 0.2) is 69.0 Å². The summed E-state index contributed by atoms with van der Waals surface area (Å²) in [5.74, 6) is 0.485. The molecule has 2 aromatic carbocycles. The van der Waals surface area contributed by atoms with Gasteiger partial charge in [-0.3, -0.25) is 0 Å². The van der Waals surface area contributed by atoms with E-state index in [9.17, 15) is 10.2 Å². The number of hydrogen-bond acceptors (Lipinski definition) is 5. The number of azo groups is 1. The fourth-order valence-corrected chi connectivity index (χ4v) is 2.11. The summed E-state index contributed by atoms with van der Waals surface area (Å²) in [6.45, 7) is 0. The van der Waals surface area contributed by atoms with E-state index in [1.165, 1.54) is 18.3 Å². The third kappa shape index (κ3) is 3.17. The molecule has 1 heterocycles. The molecule has 2 N–H and O–H groups in total. The van der Waals surface area contributed by atoms with Crippen molar-refractivity contribution >= 4 is 12.1 Å².